The number of halogens is 1. The van der Waals surface area contributed by atoms with Crippen LogP contribution < -0.4 is 15.0 Å². The summed E-state index contributed by atoms with van der Waals surface area (Å²) in [6.45, 7) is 2.08. The number of pyridine rings is 2. The van der Waals surface area contributed by atoms with Gasteiger partial charge in [0.15, 0.2) is 5.11 Å². The lowest BCUT2D eigenvalue weighted by Gasteiger charge is -2.29. The van der Waals surface area contributed by atoms with E-state index in [2.05, 4.69) is 49.9 Å². The van der Waals surface area contributed by atoms with Crippen molar-refractivity contribution in [3.05, 3.63) is 101 Å². The Morgan fingerprint density at radius 2 is 1.91 bits per heavy atom. The second kappa shape index (κ2) is 8.84. The molecule has 4 heterocycles. The van der Waals surface area contributed by atoms with Crippen LogP contribution in [0.25, 0.3) is 5.69 Å². The second-order valence-corrected chi connectivity index (χ2v) is 8.56. The van der Waals surface area contributed by atoms with E-state index in [1.54, 1.807) is 19.5 Å². The molecule has 1 fully saturated rings. The predicted octanol–water partition coefficient (Wildman–Crippen LogP) is 5.41. The van der Waals surface area contributed by atoms with E-state index in [1.165, 1.54) is 0 Å². The fraction of sp³-hybridized carbons (Fsp3) is 0.160. The molecule has 0 saturated carbocycles. The van der Waals surface area contributed by atoms with Crippen LogP contribution in [0.4, 0.5) is 5.69 Å². The lowest BCUT2D eigenvalue weighted by atomic mass is 10.0. The van der Waals surface area contributed by atoms with Gasteiger partial charge in [-0.05, 0) is 73.7 Å². The highest BCUT2D eigenvalue weighted by Gasteiger charge is 2.42. The number of aryl methyl sites for hydroxylation is 1. The Hall–Kier alpha value is -3.42. The Kier molecular flexibility index (Phi) is 5.74. The van der Waals surface area contributed by atoms with Crippen molar-refractivity contribution in [1.82, 2.24) is 19.9 Å². The van der Waals surface area contributed by atoms with Crippen molar-refractivity contribution in [2.45, 2.75) is 19.0 Å². The summed E-state index contributed by atoms with van der Waals surface area (Å²) in [6, 6.07) is 19.5. The Balaban J connectivity index is 1.69. The highest BCUT2D eigenvalue weighted by atomic mass is 35.5. The summed E-state index contributed by atoms with van der Waals surface area (Å²) in [6.07, 6.45) is 5.44. The van der Waals surface area contributed by atoms with Gasteiger partial charge in [0.2, 0.25) is 0 Å². The van der Waals surface area contributed by atoms with Crippen LogP contribution in [0.2, 0.25) is 5.02 Å². The minimum Gasteiger partial charge on any atom is -0.495 e. The molecular weight excluding hydrogens is 454 g/mol. The largest absolute Gasteiger partial charge is 0.495 e. The number of nitrogens with one attached hydrogen (secondary N) is 1. The van der Waals surface area contributed by atoms with E-state index in [-0.39, 0.29) is 12.1 Å². The molecule has 0 amide bonds. The Morgan fingerprint density at radius 1 is 1.03 bits per heavy atom. The number of aromatic nitrogens is 3. The number of thiocarbonyl (C=S) groups is 1. The van der Waals surface area contributed by atoms with E-state index >= 15 is 0 Å². The van der Waals surface area contributed by atoms with Gasteiger partial charge in [0.25, 0.3) is 0 Å². The lowest BCUT2D eigenvalue weighted by Crippen LogP contribution is -2.30. The number of hydrogen-bond acceptors (Lipinski definition) is 4. The van der Waals surface area contributed by atoms with Crippen LogP contribution >= 0.6 is 23.8 Å². The fourth-order valence-corrected chi connectivity index (χ4v) is 4.96. The van der Waals surface area contributed by atoms with E-state index in [9.17, 15) is 0 Å². The molecule has 1 aliphatic rings. The number of rotatable bonds is 5. The zero-order valence-electron chi connectivity index (χ0n) is 18.1. The van der Waals surface area contributed by atoms with Crippen molar-refractivity contribution < 1.29 is 4.74 Å². The van der Waals surface area contributed by atoms with Crippen LogP contribution in [0, 0.1) is 6.92 Å². The first-order chi connectivity index (χ1) is 16.1. The molecule has 3 aromatic heterocycles. The van der Waals surface area contributed by atoms with Gasteiger partial charge in [-0.1, -0.05) is 17.7 Å². The number of hydrogen-bond donors (Lipinski definition) is 1. The van der Waals surface area contributed by atoms with Crippen LogP contribution in [-0.2, 0) is 0 Å². The van der Waals surface area contributed by atoms with E-state index in [0.29, 0.717) is 15.9 Å². The third-order valence-electron chi connectivity index (χ3n) is 5.83. The van der Waals surface area contributed by atoms with Gasteiger partial charge in [-0.3, -0.25) is 9.97 Å². The van der Waals surface area contributed by atoms with Gasteiger partial charge in [-0.15, -0.1) is 0 Å². The third kappa shape index (κ3) is 3.83. The number of methoxy groups -OCH3 is 1. The number of benzene rings is 1. The molecule has 0 spiro atoms. The summed E-state index contributed by atoms with van der Waals surface area (Å²) in [7, 11) is 1.60. The van der Waals surface area contributed by atoms with Crippen LogP contribution in [0.5, 0.6) is 5.75 Å². The molecular formula is C25H22ClN5OS. The van der Waals surface area contributed by atoms with Crippen LogP contribution in [0.1, 0.15) is 29.2 Å². The van der Waals surface area contributed by atoms with Gasteiger partial charge in [0.1, 0.15) is 11.8 Å². The molecule has 5 rings (SSSR count). The number of ether oxygens (including phenoxy) is 1. The SMILES string of the molecule is COc1ccc(N2C(=S)N[C@@H](c3ccccn3)[C@@H]2c2ccc(C)n2-c2cccnc2)cc1Cl. The van der Waals surface area contributed by atoms with Gasteiger partial charge in [-0.25, -0.2) is 0 Å². The normalized spacial score (nSPS) is 17.8. The van der Waals surface area contributed by atoms with Gasteiger partial charge in [-0.2, -0.15) is 0 Å². The molecule has 1 aliphatic heterocycles. The average Bonchev–Trinajstić information content (AvgIpc) is 3.39. The van der Waals surface area contributed by atoms with Crippen molar-refractivity contribution in [1.29, 1.82) is 0 Å². The third-order valence-corrected chi connectivity index (χ3v) is 6.43. The minimum atomic E-state index is -0.175. The molecule has 0 aliphatic carbocycles. The van der Waals surface area contributed by atoms with Gasteiger partial charge >= 0.3 is 0 Å². The van der Waals surface area contributed by atoms with Crippen molar-refractivity contribution in [2.75, 3.05) is 12.0 Å². The topological polar surface area (TPSA) is 55.2 Å². The van der Waals surface area contributed by atoms with Crippen LogP contribution in [0.3, 0.4) is 0 Å². The smallest absolute Gasteiger partial charge is 0.174 e. The maximum atomic E-state index is 6.49. The molecule has 8 heteroatoms. The maximum Gasteiger partial charge on any atom is 0.174 e. The molecule has 2 atom stereocenters. The van der Waals surface area contributed by atoms with Crippen molar-refractivity contribution >= 4 is 34.6 Å². The Morgan fingerprint density at radius 3 is 2.61 bits per heavy atom. The van der Waals surface area contributed by atoms with E-state index in [0.717, 1.165) is 28.5 Å². The first kappa shape index (κ1) is 21.4. The molecule has 1 N–H and O–H groups in total. The second-order valence-electron chi connectivity index (χ2n) is 7.76. The van der Waals surface area contributed by atoms with E-state index < -0.39 is 0 Å². The summed E-state index contributed by atoms with van der Waals surface area (Å²) in [5.41, 5.74) is 4.93. The number of nitrogens with zero attached hydrogens (tertiary/aromatic N) is 4. The van der Waals surface area contributed by atoms with Crippen molar-refractivity contribution in [3.63, 3.8) is 0 Å². The number of anilines is 1. The van der Waals surface area contributed by atoms with Gasteiger partial charge in [0.05, 0.1) is 35.8 Å². The van der Waals surface area contributed by atoms with Gasteiger partial charge < -0.3 is 19.5 Å². The molecule has 0 bridgehead atoms. The minimum absolute atomic E-state index is 0.163. The highest BCUT2D eigenvalue weighted by molar-refractivity contribution is 7.80. The molecule has 0 unspecified atom stereocenters. The Bertz CT molecular complexity index is 1290. The molecule has 1 saturated heterocycles. The average molecular weight is 476 g/mol. The lowest BCUT2D eigenvalue weighted by molar-refractivity contribution is 0.415. The summed E-state index contributed by atoms with van der Waals surface area (Å²) < 4.78 is 7.56. The first-order valence-electron chi connectivity index (χ1n) is 10.5. The molecule has 0 radical (unpaired) electrons. The van der Waals surface area contributed by atoms with Crippen LogP contribution in [0.15, 0.2) is 79.3 Å². The zero-order chi connectivity index (χ0) is 22.9. The van der Waals surface area contributed by atoms with Crippen molar-refractivity contribution in [3.8, 4) is 11.4 Å². The molecule has 1 aromatic carbocycles. The van der Waals surface area contributed by atoms with E-state index in [1.807, 2.05) is 48.7 Å². The molecule has 6 nitrogen and oxygen atoms in total. The highest BCUT2D eigenvalue weighted by Crippen LogP contribution is 2.44. The standard InChI is InChI=1S/C25H22ClN5OS/c1-16-8-10-21(30(16)18-6-5-12-27-15-18)24-23(20-7-3-4-13-28-20)29-25(33)31(24)17-9-11-22(32-2)19(26)14-17/h3-15,23-24H,1-2H3,(H,29,33)/t23-,24-/m0/s1. The fourth-order valence-electron chi connectivity index (χ4n) is 4.37. The zero-order valence-corrected chi connectivity index (χ0v) is 19.7. The first-order valence-corrected chi connectivity index (χ1v) is 11.3. The predicted molar refractivity (Wildman–Crippen MR) is 134 cm³/mol. The molecule has 166 valence electrons. The molecule has 33 heavy (non-hydrogen) atoms. The summed E-state index contributed by atoms with van der Waals surface area (Å²) in [5.74, 6) is 0.617. The summed E-state index contributed by atoms with van der Waals surface area (Å²) in [4.78, 5) is 11.1. The maximum absolute atomic E-state index is 6.49. The quantitative estimate of drug-likeness (QED) is 0.389. The monoisotopic (exact) mass is 475 g/mol. The van der Waals surface area contributed by atoms with E-state index in [4.69, 9.17) is 28.6 Å². The summed E-state index contributed by atoms with van der Waals surface area (Å²) >= 11 is 12.3. The van der Waals surface area contributed by atoms with Crippen LogP contribution in [-0.4, -0.2) is 26.8 Å². The summed E-state index contributed by atoms with van der Waals surface area (Å²) in [5, 5.41) is 4.62. The van der Waals surface area contributed by atoms with Crippen molar-refractivity contribution in [2.24, 2.45) is 0 Å². The Labute approximate surface area is 202 Å². The molecule has 4 aromatic rings. The van der Waals surface area contributed by atoms with Gasteiger partial charge in [0, 0.05) is 29.5 Å².